The number of ether oxygens (including phenoxy) is 1. The minimum Gasteiger partial charge on any atom is -0.494 e. The third kappa shape index (κ3) is 6.71. The summed E-state index contributed by atoms with van der Waals surface area (Å²) in [4.78, 5) is 17.3. The summed E-state index contributed by atoms with van der Waals surface area (Å²) in [5.41, 5.74) is 1.28. The Hall–Kier alpha value is -1.59. The van der Waals surface area contributed by atoms with Crippen LogP contribution in [0.5, 0.6) is 5.75 Å². The van der Waals surface area contributed by atoms with E-state index in [2.05, 4.69) is 40.2 Å². The van der Waals surface area contributed by atoms with Crippen LogP contribution in [0.15, 0.2) is 24.3 Å². The molecule has 1 atom stereocenters. The van der Waals surface area contributed by atoms with E-state index in [0.717, 1.165) is 44.9 Å². The van der Waals surface area contributed by atoms with Crippen LogP contribution < -0.4 is 10.1 Å². The lowest BCUT2D eigenvalue weighted by atomic mass is 9.92. The molecule has 5 heteroatoms. The lowest BCUT2D eigenvalue weighted by molar-refractivity contribution is -0.121. The van der Waals surface area contributed by atoms with Crippen LogP contribution in [0.3, 0.4) is 0 Å². The topological polar surface area (TPSA) is 44.8 Å². The number of para-hydroxylation sites is 1. The van der Waals surface area contributed by atoms with Gasteiger partial charge >= 0.3 is 0 Å². The number of likely N-dealkylation sites (tertiary alicyclic amines) is 2. The number of carbonyl (C=O) groups is 1. The van der Waals surface area contributed by atoms with Gasteiger partial charge < -0.3 is 10.1 Å². The van der Waals surface area contributed by atoms with Crippen LogP contribution in [0, 0.1) is 5.92 Å². The second kappa shape index (κ2) is 11.6. The van der Waals surface area contributed by atoms with Gasteiger partial charge in [-0.15, -0.1) is 0 Å². The fraction of sp³-hybridized carbons (Fsp3) is 0.708. The second-order valence-electron chi connectivity index (χ2n) is 8.53. The van der Waals surface area contributed by atoms with E-state index in [-0.39, 0.29) is 5.91 Å². The van der Waals surface area contributed by atoms with Gasteiger partial charge in [0.15, 0.2) is 0 Å². The summed E-state index contributed by atoms with van der Waals surface area (Å²) in [7, 11) is 0. The Morgan fingerprint density at radius 2 is 1.93 bits per heavy atom. The van der Waals surface area contributed by atoms with Crippen molar-refractivity contribution in [2.24, 2.45) is 5.92 Å². The Labute approximate surface area is 176 Å². The Morgan fingerprint density at radius 3 is 2.69 bits per heavy atom. The van der Waals surface area contributed by atoms with Crippen LogP contribution in [0.2, 0.25) is 0 Å². The van der Waals surface area contributed by atoms with Crippen molar-refractivity contribution in [2.45, 2.75) is 65.0 Å². The predicted molar refractivity (Wildman–Crippen MR) is 118 cm³/mol. The smallest absolute Gasteiger partial charge is 0.220 e. The van der Waals surface area contributed by atoms with Crippen LogP contribution in [-0.2, 0) is 11.3 Å². The van der Waals surface area contributed by atoms with Crippen molar-refractivity contribution in [1.82, 2.24) is 15.1 Å². The number of hydrogen-bond acceptors (Lipinski definition) is 4. The van der Waals surface area contributed by atoms with Crippen LogP contribution in [0.25, 0.3) is 0 Å². The Morgan fingerprint density at radius 1 is 1.14 bits per heavy atom. The highest BCUT2D eigenvalue weighted by atomic mass is 16.5. The lowest BCUT2D eigenvalue weighted by Crippen LogP contribution is -2.40. The molecule has 0 spiro atoms. The monoisotopic (exact) mass is 401 g/mol. The van der Waals surface area contributed by atoms with Crippen molar-refractivity contribution < 1.29 is 9.53 Å². The summed E-state index contributed by atoms with van der Waals surface area (Å²) in [6.07, 6.45) is 6.57. The average molecular weight is 402 g/mol. The number of amides is 1. The van der Waals surface area contributed by atoms with Gasteiger partial charge in [-0.1, -0.05) is 25.1 Å². The van der Waals surface area contributed by atoms with Gasteiger partial charge in [-0.05, 0) is 77.2 Å². The molecule has 0 saturated carbocycles. The molecular formula is C24H39N3O2. The first-order valence-corrected chi connectivity index (χ1v) is 11.6. The molecule has 5 nitrogen and oxygen atoms in total. The first kappa shape index (κ1) is 22.1. The van der Waals surface area contributed by atoms with Crippen LogP contribution in [-0.4, -0.2) is 61.1 Å². The molecule has 2 aliphatic heterocycles. The van der Waals surface area contributed by atoms with Gasteiger partial charge in [0.25, 0.3) is 0 Å². The van der Waals surface area contributed by atoms with Crippen molar-refractivity contribution in [2.75, 3.05) is 39.3 Å². The van der Waals surface area contributed by atoms with Crippen molar-refractivity contribution >= 4 is 5.91 Å². The highest BCUT2D eigenvalue weighted by Gasteiger charge is 2.24. The Balaban J connectivity index is 1.33. The van der Waals surface area contributed by atoms with Gasteiger partial charge in [-0.25, -0.2) is 0 Å². The maximum Gasteiger partial charge on any atom is 0.220 e. The van der Waals surface area contributed by atoms with E-state index in [1.807, 2.05) is 13.0 Å². The molecule has 1 aromatic carbocycles. The third-order valence-electron chi connectivity index (χ3n) is 6.59. The normalized spacial score (nSPS) is 21.4. The van der Waals surface area contributed by atoms with Gasteiger partial charge in [0.2, 0.25) is 5.91 Å². The predicted octanol–water partition coefficient (Wildman–Crippen LogP) is 3.68. The van der Waals surface area contributed by atoms with Crippen molar-refractivity contribution in [3.63, 3.8) is 0 Å². The van der Waals surface area contributed by atoms with Crippen LogP contribution in [0.4, 0.5) is 0 Å². The molecular weight excluding hydrogens is 362 g/mol. The second-order valence-corrected chi connectivity index (χ2v) is 8.53. The minimum absolute atomic E-state index is 0.237. The Bertz CT molecular complexity index is 628. The molecule has 0 aliphatic carbocycles. The molecule has 2 saturated heterocycles. The Kier molecular flexibility index (Phi) is 8.81. The average Bonchev–Trinajstić information content (AvgIpc) is 3.21. The van der Waals surface area contributed by atoms with E-state index in [9.17, 15) is 4.79 Å². The molecule has 2 aliphatic rings. The molecule has 0 bridgehead atoms. The van der Waals surface area contributed by atoms with Crippen molar-refractivity contribution in [3.8, 4) is 5.75 Å². The van der Waals surface area contributed by atoms with Crippen LogP contribution >= 0.6 is 0 Å². The number of rotatable bonds is 10. The van der Waals surface area contributed by atoms with Crippen LogP contribution in [0.1, 0.15) is 57.9 Å². The molecule has 1 amide bonds. The zero-order chi connectivity index (χ0) is 20.5. The summed E-state index contributed by atoms with van der Waals surface area (Å²) in [6.45, 7) is 11.2. The fourth-order valence-corrected chi connectivity index (χ4v) is 4.80. The van der Waals surface area contributed by atoms with Gasteiger partial charge in [-0.2, -0.15) is 0 Å². The van der Waals surface area contributed by atoms with Crippen molar-refractivity contribution in [3.05, 3.63) is 29.8 Å². The zero-order valence-corrected chi connectivity index (χ0v) is 18.4. The number of carbonyl (C=O) groups excluding carboxylic acids is 1. The van der Waals surface area contributed by atoms with E-state index in [1.165, 1.54) is 37.8 Å². The quantitative estimate of drug-likeness (QED) is 0.650. The lowest BCUT2D eigenvalue weighted by Gasteiger charge is -2.32. The van der Waals surface area contributed by atoms with Gasteiger partial charge in [0.05, 0.1) is 6.61 Å². The molecule has 0 aromatic heterocycles. The van der Waals surface area contributed by atoms with E-state index < -0.39 is 0 Å². The molecule has 1 aromatic rings. The molecule has 0 radical (unpaired) electrons. The van der Waals surface area contributed by atoms with E-state index in [1.54, 1.807) is 0 Å². The highest BCUT2D eigenvalue weighted by molar-refractivity contribution is 5.75. The number of piperidine rings is 1. The maximum absolute atomic E-state index is 12.3. The van der Waals surface area contributed by atoms with Gasteiger partial charge in [0.1, 0.15) is 5.75 Å². The molecule has 1 unspecified atom stereocenters. The first-order valence-electron chi connectivity index (χ1n) is 11.6. The number of likely N-dealkylation sites (N-methyl/N-ethyl adjacent to an activating group) is 1. The number of nitrogens with zero attached hydrogens (tertiary/aromatic N) is 2. The molecule has 29 heavy (non-hydrogen) atoms. The summed E-state index contributed by atoms with van der Waals surface area (Å²) in [6, 6.07) is 8.92. The minimum atomic E-state index is 0.237. The van der Waals surface area contributed by atoms with E-state index >= 15 is 0 Å². The van der Waals surface area contributed by atoms with E-state index in [4.69, 9.17) is 4.74 Å². The standard InChI is InChI=1S/C24H39N3O2/c1-3-27-15-7-9-22(27)18-25-24(28)12-11-20-13-16-26(17-14-20)19-21-8-5-6-10-23(21)29-4-2/h5-6,8,10,20,22H,3-4,7,9,11-19H2,1-2H3,(H,25,28). The highest BCUT2D eigenvalue weighted by Crippen LogP contribution is 2.26. The van der Waals surface area contributed by atoms with E-state index in [0.29, 0.717) is 25.0 Å². The summed E-state index contributed by atoms with van der Waals surface area (Å²) in [5.74, 6) is 1.93. The van der Waals surface area contributed by atoms with Gasteiger partial charge in [-0.3, -0.25) is 14.6 Å². The molecule has 1 N–H and O–H groups in total. The largest absolute Gasteiger partial charge is 0.494 e. The maximum atomic E-state index is 12.3. The summed E-state index contributed by atoms with van der Waals surface area (Å²) in [5, 5.41) is 3.18. The summed E-state index contributed by atoms with van der Waals surface area (Å²) < 4.78 is 5.76. The van der Waals surface area contributed by atoms with Crippen molar-refractivity contribution in [1.29, 1.82) is 0 Å². The molecule has 2 heterocycles. The summed E-state index contributed by atoms with van der Waals surface area (Å²) >= 11 is 0. The fourth-order valence-electron chi connectivity index (χ4n) is 4.80. The number of hydrogen-bond donors (Lipinski definition) is 1. The molecule has 2 fully saturated rings. The molecule has 162 valence electrons. The molecule has 3 rings (SSSR count). The van der Waals surface area contributed by atoms with Gasteiger partial charge in [0, 0.05) is 31.1 Å². The number of benzene rings is 1. The zero-order valence-electron chi connectivity index (χ0n) is 18.4. The first-order chi connectivity index (χ1) is 14.2. The SMILES string of the molecule is CCOc1ccccc1CN1CCC(CCC(=O)NCC2CCCN2CC)CC1. The number of nitrogens with one attached hydrogen (secondary N) is 1. The third-order valence-corrected chi connectivity index (χ3v) is 6.59.